The van der Waals surface area contributed by atoms with Crippen LogP contribution in [0.2, 0.25) is 0 Å². The van der Waals surface area contributed by atoms with E-state index in [2.05, 4.69) is 30.4 Å². The number of fused-ring (bicyclic) bond motifs is 2. The molecule has 7 rings (SSSR count). The Morgan fingerprint density at radius 1 is 0.976 bits per heavy atom. The first kappa shape index (κ1) is 25.2. The minimum Gasteiger partial charge on any atom is -0.378 e. The number of hydrogen-bond donors (Lipinski definition) is 3. The van der Waals surface area contributed by atoms with Crippen molar-refractivity contribution in [3.8, 4) is 11.3 Å². The van der Waals surface area contributed by atoms with Gasteiger partial charge in [-0.3, -0.25) is 19.7 Å². The van der Waals surface area contributed by atoms with Crippen molar-refractivity contribution in [1.82, 2.24) is 30.0 Å². The number of nitrogens with zero attached hydrogens (tertiary/aromatic N) is 5. The lowest BCUT2D eigenvalue weighted by Crippen LogP contribution is -2.40. The Balaban J connectivity index is 1.24. The fraction of sp³-hybridized carbons (Fsp3) is 0.300. The molecule has 11 nitrogen and oxygen atoms in total. The first-order valence-electron chi connectivity index (χ1n) is 14.0. The van der Waals surface area contributed by atoms with Gasteiger partial charge in [0.25, 0.3) is 11.5 Å². The number of piperidine rings is 1. The van der Waals surface area contributed by atoms with E-state index < -0.39 is 0 Å². The van der Waals surface area contributed by atoms with Gasteiger partial charge < -0.3 is 24.8 Å². The van der Waals surface area contributed by atoms with Gasteiger partial charge in [-0.1, -0.05) is 0 Å². The predicted molar refractivity (Wildman–Crippen MR) is 158 cm³/mol. The van der Waals surface area contributed by atoms with Crippen molar-refractivity contribution < 1.29 is 9.53 Å². The van der Waals surface area contributed by atoms with Gasteiger partial charge in [0, 0.05) is 61.4 Å². The maximum absolute atomic E-state index is 13.1. The number of aromatic amines is 2. The smallest absolute Gasteiger partial charge is 0.259 e. The zero-order valence-electron chi connectivity index (χ0n) is 22.5. The van der Waals surface area contributed by atoms with E-state index in [0.717, 1.165) is 40.9 Å². The van der Waals surface area contributed by atoms with Crippen LogP contribution in [0, 0.1) is 0 Å². The van der Waals surface area contributed by atoms with E-state index in [1.807, 2.05) is 30.3 Å². The summed E-state index contributed by atoms with van der Waals surface area (Å²) in [6.07, 6.45) is 8.49. The third-order valence-electron chi connectivity index (χ3n) is 7.79. The van der Waals surface area contributed by atoms with Gasteiger partial charge in [0.1, 0.15) is 5.82 Å². The molecule has 6 heterocycles. The second-order valence-electron chi connectivity index (χ2n) is 10.5. The molecular formula is C30H30N8O3. The summed E-state index contributed by atoms with van der Waals surface area (Å²) < 4.78 is 5.38. The third kappa shape index (κ3) is 4.89. The number of pyridine rings is 3. The number of carbonyl (C=O) groups excluding carboxylic acids is 1. The van der Waals surface area contributed by atoms with Crippen LogP contribution in [0.4, 0.5) is 17.3 Å². The van der Waals surface area contributed by atoms with Crippen molar-refractivity contribution in [2.24, 2.45) is 0 Å². The van der Waals surface area contributed by atoms with Gasteiger partial charge in [0.05, 0.1) is 35.4 Å². The molecule has 0 atom stereocenters. The summed E-state index contributed by atoms with van der Waals surface area (Å²) in [5.41, 5.74) is 3.21. The average molecular weight is 551 g/mol. The molecule has 1 aromatic carbocycles. The Hall–Kier alpha value is -4.77. The molecule has 4 aromatic heterocycles. The maximum atomic E-state index is 13.1. The topological polar surface area (TPSA) is 132 Å². The van der Waals surface area contributed by atoms with E-state index in [4.69, 9.17) is 9.72 Å². The Morgan fingerprint density at radius 3 is 2.68 bits per heavy atom. The molecule has 11 heteroatoms. The van der Waals surface area contributed by atoms with Crippen LogP contribution in [0.3, 0.4) is 0 Å². The lowest BCUT2D eigenvalue weighted by molar-refractivity contribution is 0.0302. The standard InChI is InChI=1S/C30H30N8O3/c39-29-26-19(6-7-32-29)15-24(20-14-21(18-31-17-20)30(40)38-10-12-41-13-11-38)34-27(26)33-22-4-5-23-25(16-22)35-36-28(23)37-8-2-1-3-9-37/h4-7,14-18H,1-3,8-13H2,(H,32,39)(H,33,34)(H,35,36). The van der Waals surface area contributed by atoms with Crippen molar-refractivity contribution in [3.05, 3.63) is 70.9 Å². The number of nitrogens with one attached hydrogen (secondary N) is 3. The van der Waals surface area contributed by atoms with Crippen molar-refractivity contribution in [2.45, 2.75) is 19.3 Å². The lowest BCUT2D eigenvalue weighted by atomic mass is 10.1. The Labute approximate surface area is 235 Å². The van der Waals surface area contributed by atoms with Gasteiger partial charge in [0.15, 0.2) is 5.82 Å². The highest BCUT2D eigenvalue weighted by Crippen LogP contribution is 2.32. The maximum Gasteiger partial charge on any atom is 0.259 e. The number of aromatic nitrogens is 5. The molecule has 0 spiro atoms. The van der Waals surface area contributed by atoms with Gasteiger partial charge in [-0.2, -0.15) is 5.10 Å². The van der Waals surface area contributed by atoms with Crippen LogP contribution in [0.5, 0.6) is 0 Å². The summed E-state index contributed by atoms with van der Waals surface area (Å²) in [5, 5.41) is 13.4. The molecule has 2 saturated heterocycles. The summed E-state index contributed by atoms with van der Waals surface area (Å²) in [5.74, 6) is 1.31. The van der Waals surface area contributed by atoms with Crippen molar-refractivity contribution in [3.63, 3.8) is 0 Å². The van der Waals surface area contributed by atoms with Gasteiger partial charge in [-0.25, -0.2) is 4.98 Å². The number of benzene rings is 1. The first-order chi connectivity index (χ1) is 20.1. The molecule has 0 unspecified atom stereocenters. The number of carbonyl (C=O) groups is 1. The molecular weight excluding hydrogens is 520 g/mol. The predicted octanol–water partition coefficient (Wildman–Crippen LogP) is 4.07. The second-order valence-corrected chi connectivity index (χ2v) is 10.5. The zero-order valence-corrected chi connectivity index (χ0v) is 22.5. The molecule has 3 N–H and O–H groups in total. The van der Waals surface area contributed by atoms with E-state index >= 15 is 0 Å². The SMILES string of the molecule is O=C(c1cncc(-c2cc3cc[nH]c(=O)c3c(Nc3ccc4c(N5CCCCC5)n[nH]c4c3)n2)c1)N1CCOCC1. The Kier molecular flexibility index (Phi) is 6.56. The monoisotopic (exact) mass is 550 g/mol. The second kappa shape index (κ2) is 10.7. The Bertz CT molecular complexity index is 1800. The van der Waals surface area contributed by atoms with Crippen molar-refractivity contribution >= 4 is 44.9 Å². The minimum absolute atomic E-state index is 0.0879. The normalized spacial score (nSPS) is 15.9. The molecule has 0 aliphatic carbocycles. The van der Waals surface area contributed by atoms with E-state index in [1.165, 1.54) is 19.3 Å². The first-order valence-corrected chi connectivity index (χ1v) is 14.0. The van der Waals surface area contributed by atoms with Crippen molar-refractivity contribution in [1.29, 1.82) is 0 Å². The molecule has 1 amide bonds. The molecule has 2 aliphatic heterocycles. The largest absolute Gasteiger partial charge is 0.378 e. The number of H-pyrrole nitrogens is 2. The van der Waals surface area contributed by atoms with Gasteiger partial charge >= 0.3 is 0 Å². The summed E-state index contributed by atoms with van der Waals surface area (Å²) >= 11 is 0. The third-order valence-corrected chi connectivity index (χ3v) is 7.79. The van der Waals surface area contributed by atoms with Crippen molar-refractivity contribution in [2.75, 3.05) is 49.6 Å². The van der Waals surface area contributed by atoms with E-state index in [1.54, 1.807) is 29.6 Å². The van der Waals surface area contributed by atoms with Gasteiger partial charge in [-0.15, -0.1) is 0 Å². The number of hydrogen-bond acceptors (Lipinski definition) is 8. The highest BCUT2D eigenvalue weighted by Gasteiger charge is 2.21. The molecule has 2 fully saturated rings. The van der Waals surface area contributed by atoms with Crippen LogP contribution in [0.1, 0.15) is 29.6 Å². The molecule has 208 valence electrons. The highest BCUT2D eigenvalue weighted by molar-refractivity contribution is 5.98. The quantitative estimate of drug-likeness (QED) is 0.298. The molecule has 41 heavy (non-hydrogen) atoms. The lowest BCUT2D eigenvalue weighted by Gasteiger charge is -2.26. The molecule has 0 radical (unpaired) electrons. The Morgan fingerprint density at radius 2 is 1.83 bits per heavy atom. The van der Waals surface area contributed by atoms with E-state index in [-0.39, 0.29) is 11.5 Å². The molecule has 5 aromatic rings. The molecule has 2 aliphatic rings. The molecule has 0 saturated carbocycles. The van der Waals surface area contributed by atoms with Crippen LogP contribution >= 0.6 is 0 Å². The summed E-state index contributed by atoms with van der Waals surface area (Å²) in [6, 6.07) is 11.5. The van der Waals surface area contributed by atoms with Crippen LogP contribution in [-0.2, 0) is 4.74 Å². The zero-order chi connectivity index (χ0) is 27.8. The minimum atomic E-state index is -0.242. The fourth-order valence-corrected chi connectivity index (χ4v) is 5.66. The van der Waals surface area contributed by atoms with Gasteiger partial charge in [0.2, 0.25) is 0 Å². The van der Waals surface area contributed by atoms with Crippen LogP contribution in [0.25, 0.3) is 32.9 Å². The van der Waals surface area contributed by atoms with E-state index in [0.29, 0.717) is 54.3 Å². The van der Waals surface area contributed by atoms with Crippen LogP contribution in [0.15, 0.2) is 59.8 Å². The summed E-state index contributed by atoms with van der Waals surface area (Å²) in [6.45, 7) is 4.18. The van der Waals surface area contributed by atoms with Crippen LogP contribution < -0.4 is 15.8 Å². The van der Waals surface area contributed by atoms with Crippen LogP contribution in [-0.4, -0.2) is 75.3 Å². The van der Waals surface area contributed by atoms with Gasteiger partial charge in [-0.05, 0) is 61.0 Å². The molecule has 0 bridgehead atoms. The summed E-state index contributed by atoms with van der Waals surface area (Å²) in [4.78, 5) is 42.1. The number of rotatable bonds is 5. The average Bonchev–Trinajstić information content (AvgIpc) is 3.45. The number of anilines is 3. The summed E-state index contributed by atoms with van der Waals surface area (Å²) in [7, 11) is 0. The fourth-order valence-electron chi connectivity index (χ4n) is 5.66. The number of ether oxygens (including phenoxy) is 1. The van der Waals surface area contributed by atoms with E-state index in [9.17, 15) is 9.59 Å². The highest BCUT2D eigenvalue weighted by atomic mass is 16.5. The number of amides is 1. The number of morpholine rings is 1.